The monoisotopic (exact) mass is 431 g/mol. The number of rotatable bonds is 8. The molecule has 0 aliphatic carbocycles. The number of hydrogen-bond acceptors (Lipinski definition) is 5. The fraction of sp³-hybridized carbons (Fsp3) is 0.160. The van der Waals surface area contributed by atoms with Crippen molar-refractivity contribution in [3.05, 3.63) is 102 Å². The van der Waals surface area contributed by atoms with Gasteiger partial charge in [-0.2, -0.15) is 0 Å². The van der Waals surface area contributed by atoms with Crippen LogP contribution < -0.4 is 10.1 Å². The molecule has 0 saturated carbocycles. The second kappa shape index (κ2) is 9.87. The zero-order valence-electron chi connectivity index (χ0n) is 17.5. The molecule has 4 rings (SSSR count). The second-order valence-corrected chi connectivity index (χ2v) is 7.15. The molecule has 1 atom stereocenters. The van der Waals surface area contributed by atoms with Gasteiger partial charge in [-0.05, 0) is 53.9 Å². The number of aryl methyl sites for hydroxylation is 1. The highest BCUT2D eigenvalue weighted by Crippen LogP contribution is 2.25. The molecule has 0 bridgehead atoms. The minimum Gasteiger partial charge on any atom is -0.484 e. The summed E-state index contributed by atoms with van der Waals surface area (Å²) in [7, 11) is 0. The van der Waals surface area contributed by atoms with Gasteiger partial charge in [0, 0.05) is 5.56 Å². The lowest BCUT2D eigenvalue weighted by atomic mass is 10.1. The highest BCUT2D eigenvalue weighted by atomic mass is 19.1. The normalized spacial score (nSPS) is 11.7. The topological polar surface area (TPSA) is 77.2 Å². The number of carbonyl (C=O) groups is 1. The molecule has 0 aliphatic heterocycles. The summed E-state index contributed by atoms with van der Waals surface area (Å²) in [5.74, 6) is 0.358. The highest BCUT2D eigenvalue weighted by molar-refractivity contribution is 5.78. The fourth-order valence-corrected chi connectivity index (χ4v) is 3.16. The maximum Gasteiger partial charge on any atom is 0.258 e. The van der Waals surface area contributed by atoms with E-state index in [2.05, 4.69) is 22.4 Å². The average Bonchev–Trinajstić information content (AvgIpc) is 3.33. The average molecular weight is 431 g/mol. The zero-order chi connectivity index (χ0) is 22.3. The first-order valence-corrected chi connectivity index (χ1v) is 10.3. The Bertz CT molecular complexity index is 1160. The van der Waals surface area contributed by atoms with Crippen LogP contribution in [-0.2, 0) is 11.2 Å². The first-order chi connectivity index (χ1) is 15.6. The summed E-state index contributed by atoms with van der Waals surface area (Å²) in [4.78, 5) is 12.6. The summed E-state index contributed by atoms with van der Waals surface area (Å²) in [5, 5.41) is 11.1. The van der Waals surface area contributed by atoms with E-state index in [1.54, 1.807) is 12.1 Å². The first kappa shape index (κ1) is 21.2. The molecule has 0 unspecified atom stereocenters. The summed E-state index contributed by atoms with van der Waals surface area (Å²) in [6.45, 7) is 1.88. The first-order valence-electron chi connectivity index (χ1n) is 10.3. The summed E-state index contributed by atoms with van der Waals surface area (Å²) < 4.78 is 24.9. The van der Waals surface area contributed by atoms with Crippen molar-refractivity contribution < 1.29 is 18.3 Å². The minimum atomic E-state index is -0.751. The number of nitrogens with one attached hydrogen (secondary N) is 1. The molecule has 1 heterocycles. The molecule has 3 aromatic carbocycles. The number of benzene rings is 3. The van der Waals surface area contributed by atoms with Gasteiger partial charge in [0.1, 0.15) is 17.6 Å². The third-order valence-corrected chi connectivity index (χ3v) is 4.92. The Morgan fingerprint density at radius 2 is 1.72 bits per heavy atom. The number of nitrogens with zero attached hydrogens (tertiary/aromatic N) is 2. The Balaban J connectivity index is 1.51. The van der Waals surface area contributed by atoms with Crippen LogP contribution in [0.3, 0.4) is 0 Å². The minimum absolute atomic E-state index is 0.191. The number of carbonyl (C=O) groups excluding carboxylic acids is 1. The number of amides is 1. The van der Waals surface area contributed by atoms with E-state index in [0.29, 0.717) is 17.2 Å². The molecule has 0 spiro atoms. The van der Waals surface area contributed by atoms with E-state index in [1.165, 1.54) is 17.7 Å². The van der Waals surface area contributed by atoms with Crippen molar-refractivity contribution in [1.82, 2.24) is 15.5 Å². The maximum absolute atomic E-state index is 13.4. The quantitative estimate of drug-likeness (QED) is 0.437. The molecular formula is C25H22FN3O3. The van der Waals surface area contributed by atoms with Gasteiger partial charge in [-0.15, -0.1) is 10.2 Å². The molecule has 1 N–H and O–H groups in total. The lowest BCUT2D eigenvalue weighted by Crippen LogP contribution is -2.33. The van der Waals surface area contributed by atoms with Gasteiger partial charge in [0.05, 0.1) is 0 Å². The molecule has 0 fully saturated rings. The maximum atomic E-state index is 13.4. The molecule has 32 heavy (non-hydrogen) atoms. The number of halogens is 1. The van der Waals surface area contributed by atoms with Crippen molar-refractivity contribution >= 4 is 5.91 Å². The van der Waals surface area contributed by atoms with Crippen molar-refractivity contribution in [2.45, 2.75) is 19.4 Å². The van der Waals surface area contributed by atoms with Crippen LogP contribution in [0.1, 0.15) is 30.0 Å². The van der Waals surface area contributed by atoms with E-state index in [4.69, 9.17) is 9.15 Å². The van der Waals surface area contributed by atoms with Gasteiger partial charge in [-0.25, -0.2) is 4.39 Å². The van der Waals surface area contributed by atoms with Crippen LogP contribution >= 0.6 is 0 Å². The molecule has 1 aromatic heterocycles. The molecular weight excluding hydrogens is 409 g/mol. The van der Waals surface area contributed by atoms with Crippen molar-refractivity contribution in [2.75, 3.05) is 6.61 Å². The molecule has 1 amide bonds. The highest BCUT2D eigenvalue weighted by Gasteiger charge is 2.24. The Labute approximate surface area is 185 Å². The van der Waals surface area contributed by atoms with Crippen molar-refractivity contribution in [3.63, 3.8) is 0 Å². The molecule has 4 aromatic rings. The standard InChI is InChI=1S/C25H22FN3O3/c1-2-17-8-14-21(15-9-17)31-16-22(30)27-23(18-10-12-20(26)13-11-18)25-29-28-24(32-25)19-6-4-3-5-7-19/h3-15,23H,2,16H2,1H3,(H,27,30)/t23-/m0/s1. The van der Waals surface area contributed by atoms with Gasteiger partial charge in [0.25, 0.3) is 5.91 Å². The Morgan fingerprint density at radius 1 is 1.00 bits per heavy atom. The second-order valence-electron chi connectivity index (χ2n) is 7.15. The molecule has 0 radical (unpaired) electrons. The van der Waals surface area contributed by atoms with Crippen LogP contribution in [0.4, 0.5) is 4.39 Å². The smallest absolute Gasteiger partial charge is 0.258 e. The van der Waals surface area contributed by atoms with Crippen molar-refractivity contribution in [2.24, 2.45) is 0 Å². The van der Waals surface area contributed by atoms with Gasteiger partial charge >= 0.3 is 0 Å². The van der Waals surface area contributed by atoms with E-state index in [-0.39, 0.29) is 24.2 Å². The van der Waals surface area contributed by atoms with Gasteiger partial charge < -0.3 is 14.5 Å². The predicted molar refractivity (Wildman–Crippen MR) is 117 cm³/mol. The Morgan fingerprint density at radius 3 is 2.41 bits per heavy atom. The van der Waals surface area contributed by atoms with Gasteiger partial charge in [-0.3, -0.25) is 4.79 Å². The van der Waals surface area contributed by atoms with Crippen LogP contribution in [0.15, 0.2) is 83.3 Å². The van der Waals surface area contributed by atoms with E-state index in [1.807, 2.05) is 54.6 Å². The SMILES string of the molecule is CCc1ccc(OCC(=O)N[C@@H](c2ccc(F)cc2)c2nnc(-c3ccccc3)o2)cc1. The molecule has 162 valence electrons. The van der Waals surface area contributed by atoms with Crippen LogP contribution in [0.5, 0.6) is 5.75 Å². The zero-order valence-corrected chi connectivity index (χ0v) is 17.5. The predicted octanol–water partition coefficient (Wildman–Crippen LogP) is 4.72. The summed E-state index contributed by atoms with van der Waals surface area (Å²) in [5.41, 5.74) is 2.55. The van der Waals surface area contributed by atoms with Crippen molar-refractivity contribution in [1.29, 1.82) is 0 Å². The summed E-state index contributed by atoms with van der Waals surface area (Å²) in [6, 6.07) is 21.9. The Hall–Kier alpha value is -4.00. The van der Waals surface area contributed by atoms with Gasteiger partial charge in [0.2, 0.25) is 11.8 Å². The molecule has 6 nitrogen and oxygen atoms in total. The number of hydrogen-bond donors (Lipinski definition) is 1. The van der Waals surface area contributed by atoms with E-state index in [9.17, 15) is 9.18 Å². The van der Waals surface area contributed by atoms with E-state index < -0.39 is 6.04 Å². The van der Waals surface area contributed by atoms with Gasteiger partial charge in [0.15, 0.2) is 6.61 Å². The molecule has 0 saturated heterocycles. The van der Waals surface area contributed by atoms with Crippen LogP contribution in [0.2, 0.25) is 0 Å². The fourth-order valence-electron chi connectivity index (χ4n) is 3.16. The van der Waals surface area contributed by atoms with Crippen molar-refractivity contribution in [3.8, 4) is 17.2 Å². The van der Waals surface area contributed by atoms with Crippen LogP contribution in [-0.4, -0.2) is 22.7 Å². The third kappa shape index (κ3) is 5.18. The summed E-state index contributed by atoms with van der Waals surface area (Å²) >= 11 is 0. The Kier molecular flexibility index (Phi) is 6.55. The molecule has 0 aliphatic rings. The number of aromatic nitrogens is 2. The van der Waals surface area contributed by atoms with E-state index >= 15 is 0 Å². The third-order valence-electron chi connectivity index (χ3n) is 4.92. The lowest BCUT2D eigenvalue weighted by Gasteiger charge is -2.16. The van der Waals surface area contributed by atoms with Gasteiger partial charge in [-0.1, -0.05) is 49.4 Å². The molecule has 7 heteroatoms. The lowest BCUT2D eigenvalue weighted by molar-refractivity contribution is -0.123. The number of ether oxygens (including phenoxy) is 1. The summed E-state index contributed by atoms with van der Waals surface area (Å²) in [6.07, 6.45) is 0.926. The van der Waals surface area contributed by atoms with E-state index in [0.717, 1.165) is 12.0 Å². The largest absolute Gasteiger partial charge is 0.484 e. The van der Waals surface area contributed by atoms with Crippen LogP contribution in [0, 0.1) is 5.82 Å². The van der Waals surface area contributed by atoms with Crippen LogP contribution in [0.25, 0.3) is 11.5 Å².